The molecule has 19 heavy (non-hydrogen) atoms. The van der Waals surface area contributed by atoms with E-state index in [9.17, 15) is 0 Å². The quantitative estimate of drug-likeness (QED) is 0.506. The molecular formula is C17H14BN. The van der Waals surface area contributed by atoms with Crippen molar-refractivity contribution in [2.24, 2.45) is 0 Å². The van der Waals surface area contributed by atoms with Crippen LogP contribution in [-0.4, -0.2) is 7.85 Å². The predicted molar refractivity (Wildman–Crippen MR) is 80.9 cm³/mol. The van der Waals surface area contributed by atoms with Gasteiger partial charge in [0.05, 0.1) is 5.69 Å². The second-order valence-corrected chi connectivity index (χ2v) is 5.75. The summed E-state index contributed by atoms with van der Waals surface area (Å²) in [4.78, 5) is 2.48. The zero-order valence-electron chi connectivity index (χ0n) is 11.2. The number of benzene rings is 2. The monoisotopic (exact) mass is 243 g/mol. The van der Waals surface area contributed by atoms with Crippen LogP contribution < -0.4 is 4.90 Å². The Morgan fingerprint density at radius 1 is 1.05 bits per heavy atom. The highest BCUT2D eigenvalue weighted by atomic mass is 15.2. The van der Waals surface area contributed by atoms with Gasteiger partial charge in [0.2, 0.25) is 0 Å². The van der Waals surface area contributed by atoms with Gasteiger partial charge in [0.25, 0.3) is 0 Å². The number of para-hydroxylation sites is 1. The van der Waals surface area contributed by atoms with Gasteiger partial charge < -0.3 is 4.90 Å². The number of nitrogens with zero attached hydrogens (tertiary/aromatic N) is 1. The van der Waals surface area contributed by atoms with Crippen molar-refractivity contribution in [1.82, 2.24) is 0 Å². The minimum atomic E-state index is 0.109. The molecule has 0 amide bonds. The van der Waals surface area contributed by atoms with E-state index >= 15 is 0 Å². The fourth-order valence-corrected chi connectivity index (χ4v) is 3.16. The van der Waals surface area contributed by atoms with Gasteiger partial charge in [0.1, 0.15) is 7.85 Å². The van der Waals surface area contributed by atoms with Gasteiger partial charge in [-0.05, 0) is 30.2 Å². The summed E-state index contributed by atoms with van der Waals surface area (Å²) in [6.45, 7) is 3.23. The van der Waals surface area contributed by atoms with Crippen molar-refractivity contribution in [3.63, 3.8) is 0 Å². The lowest BCUT2D eigenvalue weighted by Gasteiger charge is -2.53. The van der Waals surface area contributed by atoms with Crippen LogP contribution in [0.2, 0.25) is 0 Å². The average Bonchev–Trinajstić information content (AvgIpc) is 2.40. The fourth-order valence-electron chi connectivity index (χ4n) is 3.16. The lowest BCUT2D eigenvalue weighted by Crippen LogP contribution is -2.53. The maximum atomic E-state index is 3.34. The number of anilines is 1. The Morgan fingerprint density at radius 2 is 1.79 bits per heavy atom. The van der Waals surface area contributed by atoms with E-state index in [2.05, 4.69) is 74.0 Å². The maximum Gasteiger partial charge on any atom is 0.140 e. The molecule has 0 N–H and O–H groups in total. The van der Waals surface area contributed by atoms with Crippen molar-refractivity contribution >= 4 is 13.5 Å². The molecule has 0 spiro atoms. The van der Waals surface area contributed by atoms with Gasteiger partial charge in [-0.15, -0.1) is 0 Å². The Balaban J connectivity index is 2.00. The predicted octanol–water partition coefficient (Wildman–Crippen LogP) is 2.23. The van der Waals surface area contributed by atoms with Gasteiger partial charge in [-0.1, -0.05) is 42.2 Å². The molecule has 0 saturated heterocycles. The van der Waals surface area contributed by atoms with E-state index in [-0.39, 0.29) is 5.44 Å². The molecule has 2 aliphatic heterocycles. The zero-order valence-corrected chi connectivity index (χ0v) is 11.2. The average molecular weight is 243 g/mol. The van der Waals surface area contributed by atoms with Gasteiger partial charge in [-0.25, -0.2) is 0 Å². The van der Waals surface area contributed by atoms with Crippen LogP contribution in [0.1, 0.15) is 29.2 Å². The Hall–Kier alpha value is -2.14. The van der Waals surface area contributed by atoms with E-state index in [0.29, 0.717) is 0 Å². The third-order valence-electron chi connectivity index (χ3n) is 4.32. The summed E-state index contributed by atoms with van der Waals surface area (Å²) in [5, 5.41) is 0. The van der Waals surface area contributed by atoms with Crippen LogP contribution >= 0.6 is 0 Å². The summed E-state index contributed by atoms with van der Waals surface area (Å²) in [5.74, 6) is 6.66. The summed E-state index contributed by atoms with van der Waals surface area (Å²) >= 11 is 0. The molecule has 0 saturated carbocycles. The molecule has 90 valence electrons. The number of hydrogen-bond acceptors (Lipinski definition) is 1. The highest BCUT2D eigenvalue weighted by Gasteiger charge is 2.43. The summed E-state index contributed by atoms with van der Waals surface area (Å²) in [6.07, 6.45) is 0. The molecule has 2 aromatic rings. The maximum absolute atomic E-state index is 3.34. The first-order valence-electron chi connectivity index (χ1n) is 6.69. The molecule has 2 aliphatic rings. The van der Waals surface area contributed by atoms with Gasteiger partial charge in [0.15, 0.2) is 0 Å². The third kappa shape index (κ3) is 1.33. The second-order valence-electron chi connectivity index (χ2n) is 5.75. The molecule has 1 nitrogen and oxygen atoms in total. The highest BCUT2D eigenvalue weighted by molar-refractivity contribution is 6.20. The topological polar surface area (TPSA) is 3.24 Å². The largest absolute Gasteiger partial charge is 0.364 e. The molecule has 0 aliphatic carbocycles. The molecule has 4 rings (SSSR count). The lowest BCUT2D eigenvalue weighted by molar-refractivity contribution is 0.540. The minimum Gasteiger partial charge on any atom is -0.364 e. The normalized spacial score (nSPS) is 22.1. The van der Waals surface area contributed by atoms with Crippen LogP contribution in [0, 0.1) is 11.8 Å². The van der Waals surface area contributed by atoms with E-state index in [1.165, 1.54) is 16.8 Å². The molecule has 0 bridgehead atoms. The molecule has 1 atom stereocenters. The second kappa shape index (κ2) is 3.45. The fraction of sp³-hybridized carbons (Fsp3) is 0.176. The van der Waals surface area contributed by atoms with E-state index in [1.54, 1.807) is 0 Å². The van der Waals surface area contributed by atoms with Crippen LogP contribution in [-0.2, 0) is 12.0 Å². The smallest absolute Gasteiger partial charge is 0.140 e. The summed E-state index contributed by atoms with van der Waals surface area (Å²) in [5.41, 5.74) is 6.49. The van der Waals surface area contributed by atoms with Crippen LogP contribution in [0.4, 0.5) is 5.69 Å². The Labute approximate surface area is 114 Å². The van der Waals surface area contributed by atoms with Crippen LogP contribution in [0.5, 0.6) is 0 Å². The standard InChI is InChI=1S/C17H14BN/c1-17(18)15-8-4-7-13-10-9-12-5-2-3-6-14(12)11-19(17)16(13)15/h2-8H,11,18H2,1H3/t17-/m1/s1. The SMILES string of the molecule is B[C@@]1(C)c2cccc3c2N1Cc1ccccc1C#C3. The molecule has 2 heterocycles. The summed E-state index contributed by atoms with van der Waals surface area (Å²) in [6, 6.07) is 14.9. The van der Waals surface area contributed by atoms with Gasteiger partial charge in [0, 0.05) is 23.1 Å². The van der Waals surface area contributed by atoms with Gasteiger partial charge >= 0.3 is 0 Å². The molecule has 0 unspecified atom stereocenters. The first-order chi connectivity index (χ1) is 9.18. The lowest BCUT2D eigenvalue weighted by atomic mass is 9.64. The first-order valence-corrected chi connectivity index (χ1v) is 6.69. The van der Waals surface area contributed by atoms with Crippen LogP contribution in [0.25, 0.3) is 0 Å². The van der Waals surface area contributed by atoms with Crippen molar-refractivity contribution in [2.45, 2.75) is 18.9 Å². The summed E-state index contributed by atoms with van der Waals surface area (Å²) < 4.78 is 0. The Morgan fingerprint density at radius 3 is 2.68 bits per heavy atom. The Bertz CT molecular complexity index is 749. The van der Waals surface area contributed by atoms with E-state index < -0.39 is 0 Å². The molecule has 2 heteroatoms. The molecule has 0 aromatic heterocycles. The summed E-state index contributed by atoms with van der Waals surface area (Å²) in [7, 11) is 2.29. The minimum absolute atomic E-state index is 0.109. The molecular weight excluding hydrogens is 229 g/mol. The molecule has 0 radical (unpaired) electrons. The zero-order chi connectivity index (χ0) is 13.0. The van der Waals surface area contributed by atoms with Gasteiger partial charge in [-0.2, -0.15) is 0 Å². The van der Waals surface area contributed by atoms with Crippen LogP contribution in [0.3, 0.4) is 0 Å². The first kappa shape index (κ1) is 10.8. The van der Waals surface area contributed by atoms with E-state index in [4.69, 9.17) is 0 Å². The Kier molecular flexibility index (Phi) is 1.95. The van der Waals surface area contributed by atoms with E-state index in [1.807, 2.05) is 0 Å². The van der Waals surface area contributed by atoms with Crippen LogP contribution in [0.15, 0.2) is 42.5 Å². The van der Waals surface area contributed by atoms with E-state index in [0.717, 1.165) is 17.7 Å². The molecule has 2 aromatic carbocycles. The highest BCUT2D eigenvalue weighted by Crippen LogP contribution is 2.48. The number of fused-ring (bicyclic) bond motifs is 1. The third-order valence-corrected chi connectivity index (χ3v) is 4.32. The van der Waals surface area contributed by atoms with Crippen molar-refractivity contribution in [2.75, 3.05) is 4.90 Å². The van der Waals surface area contributed by atoms with Crippen molar-refractivity contribution in [1.29, 1.82) is 0 Å². The van der Waals surface area contributed by atoms with Crippen molar-refractivity contribution in [3.8, 4) is 11.8 Å². The van der Waals surface area contributed by atoms with Crippen molar-refractivity contribution in [3.05, 3.63) is 64.7 Å². The molecule has 0 fully saturated rings. The van der Waals surface area contributed by atoms with Gasteiger partial charge in [-0.3, -0.25) is 0 Å². The van der Waals surface area contributed by atoms with Crippen molar-refractivity contribution < 1.29 is 0 Å². The number of hydrogen-bond donors (Lipinski definition) is 0. The number of rotatable bonds is 0.